The molecule has 3 amide bonds. The van der Waals surface area contributed by atoms with Crippen molar-refractivity contribution < 1.29 is 9.59 Å². The summed E-state index contributed by atoms with van der Waals surface area (Å²) in [7, 11) is 0. The van der Waals surface area contributed by atoms with Crippen molar-refractivity contribution in [2.24, 2.45) is 0 Å². The number of aromatic nitrogens is 2. The Balaban J connectivity index is 1.65. The molecule has 1 atom stereocenters. The van der Waals surface area contributed by atoms with Crippen LogP contribution in [-0.2, 0) is 4.79 Å². The maximum atomic E-state index is 12.6. The number of urea groups is 1. The molecule has 0 radical (unpaired) electrons. The summed E-state index contributed by atoms with van der Waals surface area (Å²) in [4.78, 5) is 28.6. The molecule has 0 saturated carbocycles. The molecule has 1 aliphatic rings. The zero-order valence-corrected chi connectivity index (χ0v) is 16.6. The van der Waals surface area contributed by atoms with Crippen molar-refractivity contribution in [3.8, 4) is 0 Å². The van der Waals surface area contributed by atoms with E-state index in [1.54, 1.807) is 9.80 Å². The van der Waals surface area contributed by atoms with E-state index in [4.69, 9.17) is 0 Å². The highest BCUT2D eigenvalue weighted by molar-refractivity contribution is 5.97. The van der Waals surface area contributed by atoms with Gasteiger partial charge in [-0.15, -0.1) is 0 Å². The summed E-state index contributed by atoms with van der Waals surface area (Å²) in [5.74, 6) is -0.0651. The lowest BCUT2D eigenvalue weighted by molar-refractivity contribution is -0.120. The van der Waals surface area contributed by atoms with Crippen molar-refractivity contribution in [1.29, 1.82) is 0 Å². The minimum Gasteiger partial charge on any atom is -0.331 e. The molecule has 1 saturated heterocycles. The highest BCUT2D eigenvalue weighted by atomic mass is 16.2. The van der Waals surface area contributed by atoms with Crippen LogP contribution < -0.4 is 10.2 Å². The van der Waals surface area contributed by atoms with Gasteiger partial charge in [0.2, 0.25) is 5.91 Å². The van der Waals surface area contributed by atoms with E-state index in [0.717, 1.165) is 33.8 Å². The molecular weight excluding hydrogens is 342 g/mol. The zero-order valence-electron chi connectivity index (χ0n) is 16.6. The van der Waals surface area contributed by atoms with Crippen LogP contribution in [0.25, 0.3) is 0 Å². The van der Waals surface area contributed by atoms with E-state index in [-0.39, 0.29) is 24.5 Å². The summed E-state index contributed by atoms with van der Waals surface area (Å²) < 4.78 is 0. The van der Waals surface area contributed by atoms with Crippen LogP contribution in [0.3, 0.4) is 0 Å². The van der Waals surface area contributed by atoms with Gasteiger partial charge in [-0.1, -0.05) is 6.07 Å². The van der Waals surface area contributed by atoms with Gasteiger partial charge >= 0.3 is 6.03 Å². The van der Waals surface area contributed by atoms with Gasteiger partial charge in [-0.05, 0) is 57.9 Å². The molecule has 1 aromatic heterocycles. The maximum absolute atomic E-state index is 12.6. The normalized spacial score (nSPS) is 15.8. The first-order valence-corrected chi connectivity index (χ1v) is 9.22. The van der Waals surface area contributed by atoms with E-state index >= 15 is 0 Å². The molecule has 2 aromatic rings. The Labute approximate surface area is 159 Å². The molecule has 7 heteroatoms. The van der Waals surface area contributed by atoms with E-state index in [1.165, 1.54) is 0 Å². The fourth-order valence-electron chi connectivity index (χ4n) is 3.77. The minimum atomic E-state index is -0.226. The van der Waals surface area contributed by atoms with Crippen LogP contribution in [0.4, 0.5) is 10.5 Å². The van der Waals surface area contributed by atoms with Gasteiger partial charge in [0.25, 0.3) is 0 Å². The zero-order chi connectivity index (χ0) is 19.7. The molecule has 1 aromatic carbocycles. The van der Waals surface area contributed by atoms with Crippen LogP contribution in [0.1, 0.15) is 41.0 Å². The van der Waals surface area contributed by atoms with Crippen molar-refractivity contribution in [1.82, 2.24) is 20.4 Å². The lowest BCUT2D eigenvalue weighted by Gasteiger charge is -2.35. The fourth-order valence-corrected chi connectivity index (χ4v) is 3.77. The number of amides is 3. The predicted molar refractivity (Wildman–Crippen MR) is 105 cm³/mol. The first kappa shape index (κ1) is 18.9. The Morgan fingerprint density at radius 2 is 1.81 bits per heavy atom. The lowest BCUT2D eigenvalue weighted by atomic mass is 10.1. The van der Waals surface area contributed by atoms with Crippen molar-refractivity contribution in [2.75, 3.05) is 24.5 Å². The maximum Gasteiger partial charge on any atom is 0.318 e. The number of aryl methyl sites for hydroxylation is 4. The Morgan fingerprint density at radius 3 is 2.37 bits per heavy atom. The van der Waals surface area contributed by atoms with Crippen molar-refractivity contribution in [2.45, 2.75) is 40.7 Å². The summed E-state index contributed by atoms with van der Waals surface area (Å²) in [6.45, 7) is 10.9. The SMILES string of the molecule is Cc1cc(C)cc(N2CCN(C(=O)N[C@@H](C)c3c(C)n[nH]c3C)CC2=O)c1. The molecule has 0 bridgehead atoms. The van der Waals surface area contributed by atoms with Gasteiger partial charge in [0, 0.05) is 30.0 Å². The summed E-state index contributed by atoms with van der Waals surface area (Å²) in [6, 6.07) is 5.69. The number of nitrogens with zero attached hydrogens (tertiary/aromatic N) is 3. The molecule has 144 valence electrons. The topological polar surface area (TPSA) is 81.3 Å². The quantitative estimate of drug-likeness (QED) is 0.873. The third kappa shape index (κ3) is 3.97. The molecule has 7 nitrogen and oxygen atoms in total. The lowest BCUT2D eigenvalue weighted by Crippen LogP contribution is -2.55. The van der Waals surface area contributed by atoms with Crippen LogP contribution in [0.5, 0.6) is 0 Å². The molecule has 2 heterocycles. The molecule has 0 spiro atoms. The van der Waals surface area contributed by atoms with Gasteiger partial charge in [0.1, 0.15) is 6.54 Å². The van der Waals surface area contributed by atoms with E-state index in [9.17, 15) is 9.59 Å². The van der Waals surface area contributed by atoms with Crippen molar-refractivity contribution in [3.63, 3.8) is 0 Å². The van der Waals surface area contributed by atoms with Gasteiger partial charge in [-0.2, -0.15) is 5.10 Å². The van der Waals surface area contributed by atoms with E-state index in [1.807, 2.05) is 46.8 Å². The average Bonchev–Trinajstić information content (AvgIpc) is 2.92. The minimum absolute atomic E-state index is 0.0651. The number of piperazine rings is 1. The van der Waals surface area contributed by atoms with Crippen LogP contribution in [0.15, 0.2) is 18.2 Å². The second kappa shape index (κ2) is 7.42. The number of anilines is 1. The Hall–Kier alpha value is -2.83. The smallest absolute Gasteiger partial charge is 0.318 e. The summed E-state index contributed by atoms with van der Waals surface area (Å²) in [6.07, 6.45) is 0. The first-order valence-electron chi connectivity index (χ1n) is 9.22. The number of aromatic amines is 1. The fraction of sp³-hybridized carbons (Fsp3) is 0.450. The van der Waals surface area contributed by atoms with Crippen molar-refractivity contribution in [3.05, 3.63) is 46.3 Å². The predicted octanol–water partition coefficient (Wildman–Crippen LogP) is 2.76. The molecule has 27 heavy (non-hydrogen) atoms. The highest BCUT2D eigenvalue weighted by Crippen LogP contribution is 2.22. The summed E-state index contributed by atoms with van der Waals surface area (Å²) in [5, 5.41) is 10.1. The molecule has 3 rings (SSSR count). The summed E-state index contributed by atoms with van der Waals surface area (Å²) >= 11 is 0. The van der Waals surface area contributed by atoms with Crippen molar-refractivity contribution >= 4 is 17.6 Å². The third-order valence-electron chi connectivity index (χ3n) is 4.98. The van der Waals surface area contributed by atoms with E-state index < -0.39 is 0 Å². The third-order valence-corrected chi connectivity index (χ3v) is 4.98. The van der Waals surface area contributed by atoms with Crippen LogP contribution in [0.2, 0.25) is 0 Å². The second-order valence-corrected chi connectivity index (χ2v) is 7.33. The molecule has 1 fully saturated rings. The molecule has 0 aliphatic carbocycles. The van der Waals surface area contributed by atoms with Crippen LogP contribution in [-0.4, -0.2) is 46.7 Å². The van der Waals surface area contributed by atoms with Gasteiger partial charge in [-0.3, -0.25) is 9.89 Å². The van der Waals surface area contributed by atoms with Gasteiger partial charge in [-0.25, -0.2) is 4.79 Å². The second-order valence-electron chi connectivity index (χ2n) is 7.33. The number of nitrogens with one attached hydrogen (secondary N) is 2. The number of rotatable bonds is 3. The number of hydrogen-bond acceptors (Lipinski definition) is 3. The number of benzene rings is 1. The van der Waals surface area contributed by atoms with E-state index in [0.29, 0.717) is 13.1 Å². The standard InChI is InChI=1S/C20H27N5O2/c1-12-8-13(2)10-17(9-12)25-7-6-24(11-18(25)26)20(27)21-14(3)19-15(4)22-23-16(19)5/h8-10,14H,6-7,11H2,1-5H3,(H,21,27)(H,22,23)/t14-/m0/s1. The molecule has 1 aliphatic heterocycles. The van der Waals surface area contributed by atoms with Gasteiger partial charge in [0.15, 0.2) is 0 Å². The average molecular weight is 369 g/mol. The summed E-state index contributed by atoms with van der Waals surface area (Å²) in [5.41, 5.74) is 5.95. The van der Waals surface area contributed by atoms with Gasteiger partial charge < -0.3 is 15.1 Å². The monoisotopic (exact) mass is 369 g/mol. The first-order chi connectivity index (χ1) is 12.8. The van der Waals surface area contributed by atoms with E-state index in [2.05, 4.69) is 21.6 Å². The number of carbonyl (C=O) groups is 2. The van der Waals surface area contributed by atoms with Gasteiger partial charge in [0.05, 0.1) is 11.7 Å². The number of hydrogen-bond donors (Lipinski definition) is 2. The largest absolute Gasteiger partial charge is 0.331 e. The molecular formula is C20H27N5O2. The Kier molecular flexibility index (Phi) is 5.21. The number of H-pyrrole nitrogens is 1. The Morgan fingerprint density at radius 1 is 1.15 bits per heavy atom. The Bertz CT molecular complexity index is 834. The highest BCUT2D eigenvalue weighted by Gasteiger charge is 2.29. The van der Waals surface area contributed by atoms with Crippen LogP contribution in [0, 0.1) is 27.7 Å². The van der Waals surface area contributed by atoms with Crippen LogP contribution >= 0.6 is 0 Å². The molecule has 0 unspecified atom stereocenters. The number of carbonyl (C=O) groups excluding carboxylic acids is 2. The molecule has 2 N–H and O–H groups in total.